The Labute approximate surface area is 123 Å². The van der Waals surface area contributed by atoms with Crippen LogP contribution in [0, 0.1) is 22.7 Å². The fourth-order valence-electron chi connectivity index (χ4n) is 1.56. The van der Waals surface area contributed by atoms with E-state index in [0.29, 0.717) is 29.6 Å². The molecular weight excluding hydrogens is 306 g/mol. The molecule has 0 N–H and O–H groups in total. The molecule has 0 fully saturated rings. The van der Waals surface area contributed by atoms with Gasteiger partial charge in [-0.25, -0.2) is 0 Å². The third-order valence-corrected chi connectivity index (χ3v) is 3.89. The van der Waals surface area contributed by atoms with Crippen molar-refractivity contribution in [1.29, 1.82) is 5.26 Å². The Morgan fingerprint density at radius 1 is 1.26 bits per heavy atom. The van der Waals surface area contributed by atoms with Crippen molar-refractivity contribution in [2.45, 2.75) is 20.8 Å². The van der Waals surface area contributed by atoms with E-state index < -0.39 is 0 Å². The van der Waals surface area contributed by atoms with Crippen LogP contribution in [0.4, 0.5) is 0 Å². The Morgan fingerprint density at radius 2 is 1.89 bits per heavy atom. The van der Waals surface area contributed by atoms with Crippen molar-refractivity contribution in [2.75, 3.05) is 19.0 Å². The first-order chi connectivity index (χ1) is 8.90. The Morgan fingerprint density at radius 3 is 2.37 bits per heavy atom. The van der Waals surface area contributed by atoms with Crippen molar-refractivity contribution >= 4 is 15.9 Å². The van der Waals surface area contributed by atoms with Crippen LogP contribution in [-0.2, 0) is 0 Å². The number of hydrogen-bond donors (Lipinski definition) is 0. The zero-order valence-electron chi connectivity index (χ0n) is 11.9. The zero-order valence-corrected chi connectivity index (χ0v) is 13.5. The number of nitrogens with zero attached hydrogens (tertiary/aromatic N) is 1. The second-order valence-corrected chi connectivity index (χ2v) is 6.18. The molecule has 104 valence electrons. The number of hydrogen-bond acceptors (Lipinski definition) is 3. The van der Waals surface area contributed by atoms with Gasteiger partial charge in [0.2, 0.25) is 0 Å². The molecule has 1 aromatic rings. The van der Waals surface area contributed by atoms with Gasteiger partial charge < -0.3 is 9.47 Å². The maximum absolute atomic E-state index is 8.97. The average molecular weight is 326 g/mol. The van der Waals surface area contributed by atoms with Crippen molar-refractivity contribution < 1.29 is 9.47 Å². The number of rotatable bonds is 5. The summed E-state index contributed by atoms with van der Waals surface area (Å²) in [6.45, 7) is 7.17. The van der Waals surface area contributed by atoms with Crippen LogP contribution in [0.1, 0.15) is 26.3 Å². The summed E-state index contributed by atoms with van der Waals surface area (Å²) in [5.41, 5.74) is 0.709. The van der Waals surface area contributed by atoms with Crippen LogP contribution in [0.15, 0.2) is 18.2 Å². The largest absolute Gasteiger partial charge is 0.497 e. The lowest BCUT2D eigenvalue weighted by molar-refractivity contribution is 0.165. The Bertz CT molecular complexity index is 460. The van der Waals surface area contributed by atoms with Crippen molar-refractivity contribution in [1.82, 2.24) is 0 Å². The monoisotopic (exact) mass is 325 g/mol. The van der Waals surface area contributed by atoms with Gasteiger partial charge in [-0.1, -0.05) is 36.7 Å². The molecule has 0 spiro atoms. The molecule has 0 saturated heterocycles. The second-order valence-electron chi connectivity index (χ2n) is 5.54. The minimum absolute atomic E-state index is 0.167. The van der Waals surface area contributed by atoms with E-state index in [1.54, 1.807) is 25.3 Å². The van der Waals surface area contributed by atoms with Crippen LogP contribution in [0.25, 0.3) is 0 Å². The summed E-state index contributed by atoms with van der Waals surface area (Å²) in [4.78, 5) is 0. The average Bonchev–Trinajstić information content (AvgIpc) is 2.37. The summed E-state index contributed by atoms with van der Waals surface area (Å²) >= 11 is 3.52. The molecule has 19 heavy (non-hydrogen) atoms. The van der Waals surface area contributed by atoms with Crippen LogP contribution in [0.3, 0.4) is 0 Å². The number of benzene rings is 1. The quantitative estimate of drug-likeness (QED) is 0.768. The van der Waals surface area contributed by atoms with Crippen LogP contribution in [0.2, 0.25) is 0 Å². The lowest BCUT2D eigenvalue weighted by Gasteiger charge is -2.29. The summed E-state index contributed by atoms with van der Waals surface area (Å²) < 4.78 is 11.0. The number of ether oxygens (including phenoxy) is 2. The molecule has 1 unspecified atom stereocenters. The van der Waals surface area contributed by atoms with E-state index in [4.69, 9.17) is 14.7 Å². The highest BCUT2D eigenvalue weighted by Gasteiger charge is 2.24. The highest BCUT2D eigenvalue weighted by molar-refractivity contribution is 9.09. The molecule has 1 aromatic carbocycles. The summed E-state index contributed by atoms with van der Waals surface area (Å²) in [5.74, 6) is 1.70. The third kappa shape index (κ3) is 4.76. The number of alkyl halides is 1. The van der Waals surface area contributed by atoms with E-state index in [9.17, 15) is 0 Å². The first kappa shape index (κ1) is 15.8. The van der Waals surface area contributed by atoms with E-state index in [1.165, 1.54) is 0 Å². The fraction of sp³-hybridized carbons (Fsp3) is 0.533. The molecule has 0 amide bonds. The van der Waals surface area contributed by atoms with Crippen molar-refractivity contribution in [2.24, 2.45) is 11.3 Å². The van der Waals surface area contributed by atoms with Gasteiger partial charge in [0.25, 0.3) is 0 Å². The van der Waals surface area contributed by atoms with Gasteiger partial charge in [0.05, 0.1) is 25.3 Å². The van der Waals surface area contributed by atoms with Crippen LogP contribution < -0.4 is 9.47 Å². The van der Waals surface area contributed by atoms with Gasteiger partial charge in [-0.15, -0.1) is 0 Å². The summed E-state index contributed by atoms with van der Waals surface area (Å²) in [5, 5.41) is 9.85. The highest BCUT2D eigenvalue weighted by Crippen LogP contribution is 2.29. The molecule has 1 rings (SSSR count). The number of methoxy groups -OCH3 is 1. The smallest absolute Gasteiger partial charge is 0.124 e. The number of halogens is 1. The van der Waals surface area contributed by atoms with Crippen molar-refractivity contribution in [3.05, 3.63) is 23.8 Å². The van der Waals surface area contributed by atoms with E-state index in [0.717, 1.165) is 5.33 Å². The lowest BCUT2D eigenvalue weighted by Crippen LogP contribution is -2.27. The van der Waals surface area contributed by atoms with E-state index in [2.05, 4.69) is 42.8 Å². The maximum Gasteiger partial charge on any atom is 0.124 e. The Hall–Kier alpha value is -1.21. The second kappa shape index (κ2) is 6.81. The fourth-order valence-corrected chi connectivity index (χ4v) is 2.72. The highest BCUT2D eigenvalue weighted by atomic mass is 79.9. The SMILES string of the molecule is COc1cc(C#N)cc(OCC(CBr)C(C)(C)C)c1. The molecule has 0 aromatic heterocycles. The van der Waals surface area contributed by atoms with Gasteiger partial charge in [-0.3, -0.25) is 0 Å². The predicted molar refractivity (Wildman–Crippen MR) is 79.9 cm³/mol. The molecule has 0 aliphatic carbocycles. The van der Waals surface area contributed by atoms with Gasteiger partial charge in [-0.2, -0.15) is 5.26 Å². The molecular formula is C15H20BrNO2. The first-order valence-electron chi connectivity index (χ1n) is 6.18. The first-order valence-corrected chi connectivity index (χ1v) is 7.30. The van der Waals surface area contributed by atoms with Gasteiger partial charge in [0, 0.05) is 17.3 Å². The van der Waals surface area contributed by atoms with E-state index in [1.807, 2.05) is 0 Å². The summed E-state index contributed by atoms with van der Waals surface area (Å²) in [6, 6.07) is 7.33. The molecule has 3 nitrogen and oxygen atoms in total. The number of nitriles is 1. The molecule has 0 aliphatic rings. The molecule has 1 atom stereocenters. The molecule has 0 radical (unpaired) electrons. The summed E-state index contributed by atoms with van der Waals surface area (Å²) in [7, 11) is 1.58. The normalized spacial score (nSPS) is 12.6. The van der Waals surface area contributed by atoms with E-state index >= 15 is 0 Å². The zero-order chi connectivity index (χ0) is 14.5. The molecule has 0 aliphatic heterocycles. The van der Waals surface area contributed by atoms with Crippen LogP contribution >= 0.6 is 15.9 Å². The molecule has 0 saturated carbocycles. The molecule has 4 heteroatoms. The van der Waals surface area contributed by atoms with Crippen molar-refractivity contribution in [3.8, 4) is 17.6 Å². The van der Waals surface area contributed by atoms with Crippen LogP contribution in [-0.4, -0.2) is 19.0 Å². The standard InChI is InChI=1S/C15H20BrNO2/c1-15(2,3)12(8-16)10-19-14-6-11(9-17)5-13(7-14)18-4/h5-7,12H,8,10H2,1-4H3. The van der Waals surface area contributed by atoms with E-state index in [-0.39, 0.29) is 5.41 Å². The van der Waals surface area contributed by atoms with Gasteiger partial charge in [-0.05, 0) is 17.5 Å². The Balaban J connectivity index is 2.80. The minimum Gasteiger partial charge on any atom is -0.497 e. The minimum atomic E-state index is 0.167. The molecule has 0 heterocycles. The predicted octanol–water partition coefficient (Wildman–Crippen LogP) is 4.00. The third-order valence-electron chi connectivity index (χ3n) is 3.11. The van der Waals surface area contributed by atoms with Gasteiger partial charge in [0.1, 0.15) is 11.5 Å². The topological polar surface area (TPSA) is 42.2 Å². The van der Waals surface area contributed by atoms with Gasteiger partial charge >= 0.3 is 0 Å². The Kier molecular flexibility index (Phi) is 5.68. The maximum atomic E-state index is 8.97. The lowest BCUT2D eigenvalue weighted by atomic mass is 9.83. The van der Waals surface area contributed by atoms with Crippen LogP contribution in [0.5, 0.6) is 11.5 Å². The van der Waals surface area contributed by atoms with Gasteiger partial charge in [0.15, 0.2) is 0 Å². The summed E-state index contributed by atoms with van der Waals surface area (Å²) in [6.07, 6.45) is 0. The molecule has 0 bridgehead atoms. The van der Waals surface area contributed by atoms with Crippen molar-refractivity contribution in [3.63, 3.8) is 0 Å².